The molecule has 3 rings (SSSR count). The van der Waals surface area contributed by atoms with Crippen molar-refractivity contribution in [1.82, 2.24) is 9.78 Å². The number of aromatic nitrogens is 2. The second-order valence-electron chi connectivity index (χ2n) is 4.68. The van der Waals surface area contributed by atoms with E-state index in [1.807, 2.05) is 18.3 Å². The fraction of sp³-hybridized carbons (Fsp3) is 0.200. The van der Waals surface area contributed by atoms with Crippen LogP contribution in [0.5, 0.6) is 5.75 Å². The van der Waals surface area contributed by atoms with Crippen LogP contribution in [0.15, 0.2) is 47.7 Å². The molecule has 0 fully saturated rings. The highest BCUT2D eigenvalue weighted by Crippen LogP contribution is 2.31. The Balaban J connectivity index is 1.82. The highest BCUT2D eigenvalue weighted by Gasteiger charge is 2.11. The molecule has 4 nitrogen and oxygen atoms in total. The minimum Gasteiger partial charge on any atom is -0.433 e. The van der Waals surface area contributed by atoms with Gasteiger partial charge in [0, 0.05) is 11.8 Å². The molecular formula is C15H12ClF2N3O. The molecule has 0 saturated carbocycles. The van der Waals surface area contributed by atoms with Crippen molar-refractivity contribution in [2.75, 3.05) is 6.54 Å². The maximum absolute atomic E-state index is 12.3. The number of ether oxygens (including phenoxy) is 1. The van der Waals surface area contributed by atoms with Gasteiger partial charge in [-0.25, -0.2) is 0 Å². The van der Waals surface area contributed by atoms with Gasteiger partial charge in [-0.2, -0.15) is 13.9 Å². The third kappa shape index (κ3) is 3.33. The minimum absolute atomic E-state index is 0.0509. The lowest BCUT2D eigenvalue weighted by Crippen LogP contribution is -2.06. The van der Waals surface area contributed by atoms with Gasteiger partial charge in [0.2, 0.25) is 0 Å². The lowest BCUT2D eigenvalue weighted by atomic mass is 10.1. The predicted molar refractivity (Wildman–Crippen MR) is 80.7 cm³/mol. The fourth-order valence-corrected chi connectivity index (χ4v) is 2.31. The van der Waals surface area contributed by atoms with Gasteiger partial charge in [-0.05, 0) is 23.8 Å². The molecule has 1 aromatic heterocycles. The Kier molecular flexibility index (Phi) is 4.20. The number of rotatable bonds is 5. The molecule has 0 N–H and O–H groups in total. The summed E-state index contributed by atoms with van der Waals surface area (Å²) in [5.74, 6) is -0.0509. The van der Waals surface area contributed by atoms with E-state index in [1.54, 1.807) is 16.9 Å². The first-order valence-corrected chi connectivity index (χ1v) is 6.96. The molecule has 7 heteroatoms. The monoisotopic (exact) mass is 323 g/mol. The van der Waals surface area contributed by atoms with E-state index >= 15 is 0 Å². The summed E-state index contributed by atoms with van der Waals surface area (Å²) in [5, 5.41) is 4.39. The van der Waals surface area contributed by atoms with Crippen molar-refractivity contribution in [3.8, 4) is 16.9 Å². The predicted octanol–water partition coefficient (Wildman–Crippen LogP) is 3.82. The third-order valence-electron chi connectivity index (χ3n) is 3.15. The highest BCUT2D eigenvalue weighted by molar-refractivity contribution is 6.32. The maximum Gasteiger partial charge on any atom is 0.387 e. The minimum atomic E-state index is -2.91. The Hall–Kier alpha value is -2.21. The van der Waals surface area contributed by atoms with Crippen LogP contribution in [-0.2, 0) is 6.54 Å². The van der Waals surface area contributed by atoms with E-state index in [-0.39, 0.29) is 10.8 Å². The Morgan fingerprint density at radius 2 is 2.18 bits per heavy atom. The molecule has 2 aromatic rings. The van der Waals surface area contributed by atoms with E-state index in [4.69, 9.17) is 11.6 Å². The van der Waals surface area contributed by atoms with Crippen LogP contribution in [0.1, 0.15) is 0 Å². The van der Waals surface area contributed by atoms with Crippen LogP contribution in [0.25, 0.3) is 11.1 Å². The van der Waals surface area contributed by atoms with Crippen molar-refractivity contribution in [2.24, 2.45) is 4.99 Å². The Morgan fingerprint density at radius 1 is 1.32 bits per heavy atom. The Labute approximate surface area is 130 Å². The largest absolute Gasteiger partial charge is 0.433 e. The molecule has 0 amide bonds. The van der Waals surface area contributed by atoms with Crippen molar-refractivity contribution in [3.05, 3.63) is 47.8 Å². The summed E-state index contributed by atoms with van der Waals surface area (Å²) >= 11 is 5.84. The number of aliphatic imine (C=N–C) groups is 1. The SMILES string of the molecule is FC(F)Oc1cc(-c2cnn(CC3=NCC=C3)c2)ccc1Cl. The molecule has 0 aliphatic carbocycles. The zero-order chi connectivity index (χ0) is 15.5. The number of nitrogens with zero attached hydrogens (tertiary/aromatic N) is 3. The third-order valence-corrected chi connectivity index (χ3v) is 3.46. The molecule has 114 valence electrons. The normalized spacial score (nSPS) is 13.7. The fourth-order valence-electron chi connectivity index (χ4n) is 2.15. The van der Waals surface area contributed by atoms with E-state index < -0.39 is 6.61 Å². The molecule has 1 aromatic carbocycles. The van der Waals surface area contributed by atoms with Crippen LogP contribution in [0.3, 0.4) is 0 Å². The lowest BCUT2D eigenvalue weighted by molar-refractivity contribution is -0.0497. The van der Waals surface area contributed by atoms with E-state index in [0.29, 0.717) is 18.7 Å². The van der Waals surface area contributed by atoms with Crippen LogP contribution in [0.4, 0.5) is 8.78 Å². The van der Waals surface area contributed by atoms with Gasteiger partial charge < -0.3 is 4.74 Å². The van der Waals surface area contributed by atoms with E-state index in [0.717, 1.165) is 11.3 Å². The van der Waals surface area contributed by atoms with Gasteiger partial charge in [0.05, 0.1) is 30.0 Å². The van der Waals surface area contributed by atoms with Gasteiger partial charge >= 0.3 is 6.61 Å². The maximum atomic E-state index is 12.3. The van der Waals surface area contributed by atoms with Crippen LogP contribution < -0.4 is 4.74 Å². The van der Waals surface area contributed by atoms with Crippen LogP contribution in [0, 0.1) is 0 Å². The summed E-state index contributed by atoms with van der Waals surface area (Å²) in [4.78, 5) is 4.30. The first-order chi connectivity index (χ1) is 10.6. The number of hydrogen-bond acceptors (Lipinski definition) is 3. The lowest BCUT2D eigenvalue weighted by Gasteiger charge is -2.08. The van der Waals surface area contributed by atoms with E-state index in [2.05, 4.69) is 14.8 Å². The molecule has 1 aliphatic heterocycles. The van der Waals surface area contributed by atoms with Crippen LogP contribution >= 0.6 is 11.6 Å². The number of benzene rings is 1. The molecular weight excluding hydrogens is 312 g/mol. The van der Waals surface area contributed by atoms with Gasteiger partial charge in [-0.15, -0.1) is 0 Å². The molecule has 0 saturated heterocycles. The highest BCUT2D eigenvalue weighted by atomic mass is 35.5. The summed E-state index contributed by atoms with van der Waals surface area (Å²) in [6.45, 7) is -1.64. The molecule has 0 unspecified atom stereocenters. The number of allylic oxidation sites excluding steroid dienone is 1. The first-order valence-electron chi connectivity index (χ1n) is 6.59. The van der Waals surface area contributed by atoms with Gasteiger partial charge in [0.25, 0.3) is 0 Å². The average Bonchev–Trinajstić information content (AvgIpc) is 3.13. The van der Waals surface area contributed by atoms with Gasteiger partial charge in [-0.3, -0.25) is 9.67 Å². The van der Waals surface area contributed by atoms with Crippen LogP contribution in [-0.4, -0.2) is 28.6 Å². The van der Waals surface area contributed by atoms with Crippen molar-refractivity contribution < 1.29 is 13.5 Å². The molecule has 0 radical (unpaired) electrons. The van der Waals surface area contributed by atoms with Crippen molar-refractivity contribution in [3.63, 3.8) is 0 Å². The van der Waals surface area contributed by atoms with Crippen molar-refractivity contribution in [2.45, 2.75) is 13.2 Å². The zero-order valence-corrected chi connectivity index (χ0v) is 12.2. The van der Waals surface area contributed by atoms with Gasteiger partial charge in [-0.1, -0.05) is 23.7 Å². The number of hydrogen-bond donors (Lipinski definition) is 0. The second kappa shape index (κ2) is 6.27. The molecule has 2 heterocycles. The summed E-state index contributed by atoms with van der Waals surface area (Å²) in [6, 6.07) is 4.73. The van der Waals surface area contributed by atoms with E-state index in [1.165, 1.54) is 12.1 Å². The summed E-state index contributed by atoms with van der Waals surface area (Å²) in [5.41, 5.74) is 2.45. The summed E-state index contributed by atoms with van der Waals surface area (Å²) in [6.07, 6.45) is 7.42. The molecule has 0 atom stereocenters. The van der Waals surface area contributed by atoms with Gasteiger partial charge in [0.15, 0.2) is 0 Å². The quantitative estimate of drug-likeness (QED) is 0.839. The summed E-state index contributed by atoms with van der Waals surface area (Å²) < 4.78 is 30.8. The first kappa shape index (κ1) is 14.7. The number of alkyl halides is 2. The molecule has 1 aliphatic rings. The number of halogens is 3. The molecule has 0 bridgehead atoms. The van der Waals surface area contributed by atoms with Crippen molar-refractivity contribution in [1.29, 1.82) is 0 Å². The topological polar surface area (TPSA) is 39.4 Å². The van der Waals surface area contributed by atoms with Crippen molar-refractivity contribution >= 4 is 17.3 Å². The Morgan fingerprint density at radius 3 is 2.91 bits per heavy atom. The zero-order valence-electron chi connectivity index (χ0n) is 11.4. The smallest absolute Gasteiger partial charge is 0.387 e. The van der Waals surface area contributed by atoms with Gasteiger partial charge in [0.1, 0.15) is 5.75 Å². The second-order valence-corrected chi connectivity index (χ2v) is 5.09. The van der Waals surface area contributed by atoms with E-state index in [9.17, 15) is 8.78 Å². The standard InChI is InChI=1S/C15H12ClF2N3O/c16-13-4-3-10(6-14(13)22-15(17)18)11-7-20-21(8-11)9-12-2-1-5-19-12/h1-4,6-8,15H,5,9H2. The Bertz CT molecular complexity index is 740. The summed E-state index contributed by atoms with van der Waals surface area (Å²) in [7, 11) is 0. The van der Waals surface area contributed by atoms with Crippen LogP contribution in [0.2, 0.25) is 5.02 Å². The molecule has 22 heavy (non-hydrogen) atoms. The molecule has 0 spiro atoms. The average molecular weight is 324 g/mol.